The lowest BCUT2D eigenvalue weighted by Crippen LogP contribution is -2.11. The first-order valence-corrected chi connectivity index (χ1v) is 5.34. The Kier molecular flexibility index (Phi) is 6.35. The lowest BCUT2D eigenvalue weighted by Gasteiger charge is -2.13. The predicted octanol–water partition coefficient (Wildman–Crippen LogP) is 3.33. The van der Waals surface area contributed by atoms with Crippen molar-refractivity contribution in [1.82, 2.24) is 0 Å². The summed E-state index contributed by atoms with van der Waals surface area (Å²) in [5.41, 5.74) is 10.1. The average molecular weight is 276 g/mol. The van der Waals surface area contributed by atoms with Gasteiger partial charge in [0.1, 0.15) is 5.84 Å². The summed E-state index contributed by atoms with van der Waals surface area (Å²) in [6, 6.07) is 3.98. The maximum atomic E-state index is 5.78. The predicted molar refractivity (Wildman–Crippen MR) is 80.0 cm³/mol. The summed E-state index contributed by atoms with van der Waals surface area (Å²) in [6.07, 6.45) is 2.22. The Hall–Kier alpha value is -0.930. The molecule has 1 aromatic carbocycles. The number of benzene rings is 1. The third-order valence-electron chi connectivity index (χ3n) is 2.70. The van der Waals surface area contributed by atoms with E-state index in [1.165, 1.54) is 11.1 Å². The molecule has 0 amide bonds. The summed E-state index contributed by atoms with van der Waals surface area (Å²) in [5, 5.41) is 3.40. The normalized spacial score (nSPS) is 13.4. The zero-order valence-electron chi connectivity index (χ0n) is 10.1. The van der Waals surface area contributed by atoms with Crippen LogP contribution < -0.4 is 11.1 Å². The van der Waals surface area contributed by atoms with Gasteiger partial charge in [0.25, 0.3) is 0 Å². The second-order valence-corrected chi connectivity index (χ2v) is 4.09. The van der Waals surface area contributed by atoms with Gasteiger partial charge in [0.2, 0.25) is 0 Å². The number of anilines is 2. The van der Waals surface area contributed by atoms with Gasteiger partial charge in [0.15, 0.2) is 0 Å². The van der Waals surface area contributed by atoms with E-state index >= 15 is 0 Å². The standard InChI is InChI=1S/C12H17N3.2ClH/c1-8-6-10(13)7-9(2)12(8)15-11-4-3-5-14-11;;/h6-7H,3-5,13H2,1-2H3,(H,14,15);2*1H. The van der Waals surface area contributed by atoms with Gasteiger partial charge < -0.3 is 11.1 Å². The Morgan fingerprint density at radius 1 is 1.18 bits per heavy atom. The topological polar surface area (TPSA) is 50.4 Å². The Bertz CT molecular complexity index is 393. The van der Waals surface area contributed by atoms with Crippen LogP contribution in [-0.2, 0) is 0 Å². The number of aliphatic imine (C=N–C) groups is 1. The maximum absolute atomic E-state index is 5.78. The molecule has 0 radical (unpaired) electrons. The van der Waals surface area contributed by atoms with Crippen molar-refractivity contribution in [2.75, 3.05) is 17.6 Å². The number of halogens is 2. The number of aryl methyl sites for hydroxylation is 2. The molecular weight excluding hydrogens is 257 g/mol. The minimum Gasteiger partial charge on any atom is -0.399 e. The molecule has 0 aliphatic carbocycles. The van der Waals surface area contributed by atoms with Crippen LogP contribution in [-0.4, -0.2) is 12.4 Å². The van der Waals surface area contributed by atoms with Gasteiger partial charge in [0.05, 0.1) is 0 Å². The molecule has 1 aliphatic rings. The van der Waals surface area contributed by atoms with Crippen molar-refractivity contribution in [2.24, 2.45) is 4.99 Å². The summed E-state index contributed by atoms with van der Waals surface area (Å²) in [6.45, 7) is 5.10. The second-order valence-electron chi connectivity index (χ2n) is 4.09. The molecule has 5 heteroatoms. The molecule has 0 saturated carbocycles. The highest BCUT2D eigenvalue weighted by atomic mass is 35.5. The fourth-order valence-corrected chi connectivity index (χ4v) is 1.98. The largest absolute Gasteiger partial charge is 0.399 e. The Morgan fingerprint density at radius 3 is 2.24 bits per heavy atom. The molecule has 0 aromatic heterocycles. The molecule has 1 heterocycles. The molecule has 0 spiro atoms. The molecule has 17 heavy (non-hydrogen) atoms. The number of nitrogen functional groups attached to an aromatic ring is 1. The van der Waals surface area contributed by atoms with Crippen LogP contribution in [0.15, 0.2) is 17.1 Å². The molecule has 3 N–H and O–H groups in total. The molecule has 96 valence electrons. The van der Waals surface area contributed by atoms with Crippen LogP contribution in [0.25, 0.3) is 0 Å². The Balaban J connectivity index is 0.00000128. The highest BCUT2D eigenvalue weighted by Gasteiger charge is 2.09. The summed E-state index contributed by atoms with van der Waals surface area (Å²) in [7, 11) is 0. The van der Waals surface area contributed by atoms with E-state index in [0.29, 0.717) is 0 Å². The van der Waals surface area contributed by atoms with Crippen molar-refractivity contribution in [3.63, 3.8) is 0 Å². The first-order chi connectivity index (χ1) is 7.16. The quantitative estimate of drug-likeness (QED) is 0.773. The third kappa shape index (κ3) is 3.79. The smallest absolute Gasteiger partial charge is 0.101 e. The van der Waals surface area contributed by atoms with Gasteiger partial charge in [-0.3, -0.25) is 4.99 Å². The molecule has 2 rings (SSSR count). The van der Waals surface area contributed by atoms with Crippen LogP contribution in [0.5, 0.6) is 0 Å². The SMILES string of the molecule is Cc1cc(N)cc(C)c1NC1=NCCC1.Cl.Cl. The zero-order valence-corrected chi connectivity index (χ0v) is 11.8. The molecule has 0 saturated heterocycles. The monoisotopic (exact) mass is 275 g/mol. The fourth-order valence-electron chi connectivity index (χ4n) is 1.98. The Labute approximate surface area is 115 Å². The minimum atomic E-state index is 0. The molecular formula is C12H19Cl2N3. The van der Waals surface area contributed by atoms with Crippen LogP contribution in [0, 0.1) is 13.8 Å². The van der Waals surface area contributed by atoms with Crippen molar-refractivity contribution < 1.29 is 0 Å². The molecule has 3 nitrogen and oxygen atoms in total. The summed E-state index contributed by atoms with van der Waals surface area (Å²) >= 11 is 0. The molecule has 1 aromatic rings. The minimum absolute atomic E-state index is 0. The molecule has 0 bridgehead atoms. The van der Waals surface area contributed by atoms with Gasteiger partial charge in [-0.15, -0.1) is 24.8 Å². The van der Waals surface area contributed by atoms with E-state index < -0.39 is 0 Å². The number of hydrogen-bond acceptors (Lipinski definition) is 3. The first-order valence-electron chi connectivity index (χ1n) is 5.34. The average Bonchev–Trinajstić information content (AvgIpc) is 2.63. The van der Waals surface area contributed by atoms with E-state index in [2.05, 4.69) is 24.2 Å². The van der Waals surface area contributed by atoms with Gasteiger partial charge in [-0.25, -0.2) is 0 Å². The van der Waals surface area contributed by atoms with E-state index in [0.717, 1.165) is 36.6 Å². The van der Waals surface area contributed by atoms with E-state index in [9.17, 15) is 0 Å². The number of nitrogens with two attached hydrogens (primary N) is 1. The van der Waals surface area contributed by atoms with Gasteiger partial charge in [-0.05, 0) is 43.5 Å². The number of rotatable bonds is 1. The van der Waals surface area contributed by atoms with Gasteiger partial charge in [0, 0.05) is 24.3 Å². The fraction of sp³-hybridized carbons (Fsp3) is 0.417. The lowest BCUT2D eigenvalue weighted by molar-refractivity contribution is 0.951. The number of amidine groups is 1. The van der Waals surface area contributed by atoms with Crippen LogP contribution in [0.1, 0.15) is 24.0 Å². The zero-order chi connectivity index (χ0) is 10.8. The van der Waals surface area contributed by atoms with E-state index in [1.54, 1.807) is 0 Å². The Morgan fingerprint density at radius 2 is 1.76 bits per heavy atom. The lowest BCUT2D eigenvalue weighted by atomic mass is 10.1. The number of hydrogen-bond donors (Lipinski definition) is 2. The van der Waals surface area contributed by atoms with Crippen molar-refractivity contribution in [1.29, 1.82) is 0 Å². The van der Waals surface area contributed by atoms with Crippen LogP contribution >= 0.6 is 24.8 Å². The number of nitrogens with zero attached hydrogens (tertiary/aromatic N) is 1. The van der Waals surface area contributed by atoms with Crippen LogP contribution in [0.3, 0.4) is 0 Å². The van der Waals surface area contributed by atoms with Crippen molar-refractivity contribution in [3.8, 4) is 0 Å². The van der Waals surface area contributed by atoms with E-state index in [1.807, 2.05) is 12.1 Å². The summed E-state index contributed by atoms with van der Waals surface area (Å²) < 4.78 is 0. The van der Waals surface area contributed by atoms with Crippen LogP contribution in [0.2, 0.25) is 0 Å². The summed E-state index contributed by atoms with van der Waals surface area (Å²) in [5.74, 6) is 1.10. The van der Waals surface area contributed by atoms with Gasteiger partial charge in [-0.1, -0.05) is 0 Å². The van der Waals surface area contributed by atoms with Crippen molar-refractivity contribution >= 4 is 42.0 Å². The third-order valence-corrected chi connectivity index (χ3v) is 2.70. The number of nitrogens with one attached hydrogen (secondary N) is 1. The summed E-state index contributed by atoms with van der Waals surface area (Å²) in [4.78, 5) is 4.41. The van der Waals surface area contributed by atoms with E-state index in [4.69, 9.17) is 5.73 Å². The molecule has 0 unspecified atom stereocenters. The highest BCUT2D eigenvalue weighted by Crippen LogP contribution is 2.24. The van der Waals surface area contributed by atoms with Gasteiger partial charge in [-0.2, -0.15) is 0 Å². The van der Waals surface area contributed by atoms with Crippen LogP contribution in [0.4, 0.5) is 11.4 Å². The molecule has 1 aliphatic heterocycles. The van der Waals surface area contributed by atoms with Crippen molar-refractivity contribution in [2.45, 2.75) is 26.7 Å². The maximum Gasteiger partial charge on any atom is 0.101 e. The van der Waals surface area contributed by atoms with Gasteiger partial charge >= 0.3 is 0 Å². The van der Waals surface area contributed by atoms with Crippen molar-refractivity contribution in [3.05, 3.63) is 23.3 Å². The molecule has 0 fully saturated rings. The second kappa shape index (κ2) is 6.72. The molecule has 0 atom stereocenters. The van der Waals surface area contributed by atoms with E-state index in [-0.39, 0.29) is 24.8 Å². The highest BCUT2D eigenvalue weighted by molar-refractivity contribution is 5.97. The first kappa shape index (κ1) is 16.1.